The molecule has 0 radical (unpaired) electrons. The molecule has 0 fully saturated rings. The summed E-state index contributed by atoms with van der Waals surface area (Å²) < 4.78 is 0. The second kappa shape index (κ2) is 1290. The fourth-order valence-corrected chi connectivity index (χ4v) is 0. The predicted octanol–water partition coefficient (Wildman–Crippen LogP) is 30.8. The standard InChI is InChI=1S/30C2H6.42Ar/c30*1-2;;;;;;;;;;;;;;;;;;;;;;;;;;;;;;;;;;;;;;;;;;/h30*1-2H3;;;;;;;;;;;;;;;;;;;;;;;;;;;;;;;;;;;;;;;;;;. The van der Waals surface area contributed by atoms with Crippen LogP contribution in [0.3, 0.4) is 0 Å². The van der Waals surface area contributed by atoms with E-state index in [1.807, 2.05) is 415 Å². The molecule has 0 aliphatic rings. The van der Waals surface area contributed by atoms with Crippen molar-refractivity contribution in [3.8, 4) is 0 Å². The Balaban J connectivity index is -0.00000000129. The molecule has 0 nitrogen and oxygen atoms in total. The molecule has 0 heterocycles. The molecule has 756 valence electrons. The van der Waals surface area contributed by atoms with Crippen molar-refractivity contribution in [3.05, 3.63) is 0 Å². The first kappa shape index (κ1) is 534. The molecule has 0 aromatic rings. The van der Waals surface area contributed by atoms with Gasteiger partial charge in [0.25, 0.3) is 0 Å². The maximum absolute atomic E-state index is 2.00. The monoisotopic (exact) mass is 2580 g/mol. The molecule has 0 atom stereocenters. The second-order valence-corrected chi connectivity index (χ2v) is 0. The van der Waals surface area contributed by atoms with Gasteiger partial charge >= 0.3 is 0 Å². The molecule has 0 N–H and O–H groups in total. The van der Waals surface area contributed by atoms with E-state index in [2.05, 4.69) is 0 Å². The Morgan fingerprint density at radius 3 is 0.0294 bits per heavy atom. The van der Waals surface area contributed by atoms with Gasteiger partial charge in [-0.15, -0.1) is 0 Å². The third-order valence-corrected chi connectivity index (χ3v) is 0. The van der Waals surface area contributed by atoms with Crippen molar-refractivity contribution in [2.45, 2.75) is 415 Å². The first-order chi connectivity index (χ1) is 30.0. The van der Waals surface area contributed by atoms with Gasteiger partial charge in [-0.2, -0.15) is 0 Å². The molecule has 0 spiro atoms. The summed E-state index contributed by atoms with van der Waals surface area (Å²) in [5, 5.41) is 0. The summed E-state index contributed by atoms with van der Waals surface area (Å²) in [6, 6.07) is 0. The van der Waals surface area contributed by atoms with Gasteiger partial charge in [-0.25, -0.2) is 0 Å². The van der Waals surface area contributed by atoms with E-state index < -0.39 is 0 Å². The van der Waals surface area contributed by atoms with E-state index >= 15 is 0 Å². The van der Waals surface area contributed by atoms with Crippen LogP contribution in [-0.2, 0) is 0 Å². The summed E-state index contributed by atoms with van der Waals surface area (Å²) in [6.07, 6.45) is 0. The van der Waals surface area contributed by atoms with Gasteiger partial charge in [-0.05, 0) is 0 Å². The van der Waals surface area contributed by atoms with Crippen LogP contribution in [0.1, 0.15) is 415 Å². The SMILES string of the molecule is CC.CC.CC.CC.CC.CC.CC.CC.CC.CC.CC.CC.CC.CC.CC.CC.CC.CC.CC.CC.CC.CC.CC.CC.CC.CC.CC.CC.CC.CC.[Ar].[Ar].[Ar].[Ar].[Ar].[Ar].[Ar].[Ar].[Ar].[Ar].[Ar].[Ar].[Ar].[Ar].[Ar].[Ar].[Ar].[Ar].[Ar].[Ar].[Ar].[Ar].[Ar].[Ar].[Ar].[Ar].[Ar].[Ar].[Ar].[Ar].[Ar].[Ar].[Ar].[Ar].[Ar].[Ar].[Ar].[Ar].[Ar].[Ar].[Ar].[Ar]. The molecular weight excluding hydrogens is 2400 g/mol. The van der Waals surface area contributed by atoms with Crippen molar-refractivity contribution in [1.29, 1.82) is 0 Å². The zero-order chi connectivity index (χ0) is 60.0. The quantitative estimate of drug-likeness (QED) is 0.227. The van der Waals surface area contributed by atoms with Crippen LogP contribution in [0.4, 0.5) is 0 Å². The van der Waals surface area contributed by atoms with Gasteiger partial charge in [0.2, 0.25) is 0 Å². The molecule has 0 unspecified atom stereocenters. The van der Waals surface area contributed by atoms with Crippen molar-refractivity contribution >= 4 is 0 Å². The van der Waals surface area contributed by atoms with Crippen LogP contribution < -0.4 is 0 Å². The second-order valence-electron chi connectivity index (χ2n) is 0. The van der Waals surface area contributed by atoms with Crippen molar-refractivity contribution in [3.63, 3.8) is 0 Å². The van der Waals surface area contributed by atoms with E-state index in [-0.39, 0.29) is 1590 Å². The van der Waals surface area contributed by atoms with Crippen LogP contribution in [-0.4, -0.2) is 0 Å². The summed E-state index contributed by atoms with van der Waals surface area (Å²) in [7, 11) is 0. The maximum Gasteiger partial charge on any atom is 0 e. The zero-order valence-corrected chi connectivity index (χ0v) is 105. The average Bonchev–Trinajstić information content (AvgIpc) is 3.50. The zero-order valence-electron chi connectivity index (χ0n) is 74.8. The number of rotatable bonds is 0. The Morgan fingerprint density at radius 1 is 0.0294 bits per heavy atom. The van der Waals surface area contributed by atoms with E-state index in [1.165, 1.54) is 0 Å². The van der Waals surface area contributed by atoms with Gasteiger partial charge in [-0.1, -0.05) is 415 Å². The molecule has 0 aromatic heterocycles. The Bertz CT molecular complexity index is 99.7. The minimum absolute atomic E-state index is 0. The van der Waals surface area contributed by atoms with Crippen LogP contribution in [0.25, 0.3) is 0 Å². The van der Waals surface area contributed by atoms with Crippen LogP contribution in [0.2, 0.25) is 0 Å². The van der Waals surface area contributed by atoms with Gasteiger partial charge in [0.15, 0.2) is 0 Å². The molecule has 42 heteroatoms. The average molecular weight is 2580 g/mol. The minimum atomic E-state index is 0. The predicted molar refractivity (Wildman–Crippen MR) is 340 cm³/mol. The fourth-order valence-electron chi connectivity index (χ4n) is 0. The van der Waals surface area contributed by atoms with Crippen molar-refractivity contribution in [1.82, 2.24) is 0 Å². The van der Waals surface area contributed by atoms with Crippen LogP contribution in [0.5, 0.6) is 0 Å². The fraction of sp³-hybridized carbons (Fsp3) is 1.00. The molecule has 0 amide bonds. The number of hydrogen-bond donors (Lipinski definition) is 0. The third kappa shape index (κ3) is 1260. The Hall–Kier alpha value is 52.9. The summed E-state index contributed by atoms with van der Waals surface area (Å²) >= 11 is 0. The minimum Gasteiger partial charge on any atom is -0.0683 e. The first-order valence-corrected chi connectivity index (χ1v) is 30.0. The van der Waals surface area contributed by atoms with E-state index in [4.69, 9.17) is 0 Å². The molecular formula is C60H180Ar42. The summed E-state index contributed by atoms with van der Waals surface area (Å²) in [4.78, 5) is 0. The molecule has 102 heavy (non-hydrogen) atoms. The Kier molecular flexibility index (Phi) is 6730. The molecule has 0 saturated heterocycles. The van der Waals surface area contributed by atoms with Crippen molar-refractivity contribution in [2.75, 3.05) is 0 Å². The third-order valence-electron chi connectivity index (χ3n) is 0. The topological polar surface area (TPSA) is 0 Å². The van der Waals surface area contributed by atoms with Crippen LogP contribution >= 0.6 is 0 Å². The van der Waals surface area contributed by atoms with Crippen molar-refractivity contribution in [2.24, 2.45) is 0 Å². The molecule has 0 aromatic carbocycles. The Labute approximate surface area is 1930 Å². The van der Waals surface area contributed by atoms with Gasteiger partial charge in [0, 0.05) is 1590 Å². The first-order valence-electron chi connectivity index (χ1n) is 30.0. The molecule has 0 saturated carbocycles. The largest absolute Gasteiger partial charge is 0.0683 e. The van der Waals surface area contributed by atoms with E-state index in [1.54, 1.807) is 0 Å². The van der Waals surface area contributed by atoms with Crippen LogP contribution in [0, 0.1) is 1590 Å². The molecule has 0 rings (SSSR count). The van der Waals surface area contributed by atoms with Gasteiger partial charge in [0.05, 0.1) is 0 Å². The van der Waals surface area contributed by atoms with Gasteiger partial charge < -0.3 is 0 Å². The van der Waals surface area contributed by atoms with E-state index in [0.29, 0.717) is 0 Å². The molecule has 0 aliphatic carbocycles. The summed E-state index contributed by atoms with van der Waals surface area (Å²) in [5.41, 5.74) is 0. The van der Waals surface area contributed by atoms with Gasteiger partial charge in [-0.3, -0.25) is 0 Å². The normalized spacial score (nSPS) is 1.76. The maximum atomic E-state index is 2.00. The summed E-state index contributed by atoms with van der Waals surface area (Å²) in [5.74, 6) is 0. The van der Waals surface area contributed by atoms with Gasteiger partial charge in [0.1, 0.15) is 0 Å². The molecule has 0 aliphatic heterocycles. The van der Waals surface area contributed by atoms with Crippen LogP contribution in [0.15, 0.2) is 0 Å². The summed E-state index contributed by atoms with van der Waals surface area (Å²) in [6.45, 7) is 120. The smallest absolute Gasteiger partial charge is 0 e. The van der Waals surface area contributed by atoms with E-state index in [0.717, 1.165) is 0 Å². The molecule has 0 bridgehead atoms. The Morgan fingerprint density at radius 2 is 0.0294 bits per heavy atom. The van der Waals surface area contributed by atoms with E-state index in [9.17, 15) is 0 Å². The number of hydrogen-bond acceptors (Lipinski definition) is 0. The van der Waals surface area contributed by atoms with Crippen molar-refractivity contribution < 1.29 is 1590 Å².